The van der Waals surface area contributed by atoms with Gasteiger partial charge in [-0.25, -0.2) is 4.79 Å². The summed E-state index contributed by atoms with van der Waals surface area (Å²) in [6.07, 6.45) is 0. The molecular formula is C19H20ClNO4. The quantitative estimate of drug-likeness (QED) is 0.752. The van der Waals surface area contributed by atoms with Crippen molar-refractivity contribution in [3.63, 3.8) is 0 Å². The molecule has 0 spiro atoms. The van der Waals surface area contributed by atoms with E-state index in [1.54, 1.807) is 48.5 Å². The molecular weight excluding hydrogens is 342 g/mol. The highest BCUT2D eigenvalue weighted by Crippen LogP contribution is 2.20. The third-order valence-corrected chi connectivity index (χ3v) is 3.49. The summed E-state index contributed by atoms with van der Waals surface area (Å²) in [5.74, 6) is 0.0611. The minimum Gasteiger partial charge on any atom is -0.493 e. The number of para-hydroxylation sites is 1. The van der Waals surface area contributed by atoms with Crippen molar-refractivity contribution < 1.29 is 19.1 Å². The number of rotatable bonds is 7. The Hall–Kier alpha value is -2.53. The van der Waals surface area contributed by atoms with Gasteiger partial charge in [0.2, 0.25) is 0 Å². The van der Waals surface area contributed by atoms with E-state index in [-0.39, 0.29) is 0 Å². The van der Waals surface area contributed by atoms with E-state index < -0.39 is 18.5 Å². The SMILES string of the molecule is CC(C)COc1ccc(C(=O)OCC(=O)Nc2ccccc2Cl)cc1. The van der Waals surface area contributed by atoms with Crippen LogP contribution < -0.4 is 10.1 Å². The number of carbonyl (C=O) groups is 2. The number of hydrogen-bond acceptors (Lipinski definition) is 4. The van der Waals surface area contributed by atoms with Gasteiger partial charge in [-0.3, -0.25) is 4.79 Å². The Labute approximate surface area is 151 Å². The van der Waals surface area contributed by atoms with Crippen LogP contribution in [0.5, 0.6) is 5.75 Å². The molecule has 0 unspecified atom stereocenters. The number of benzene rings is 2. The average molecular weight is 362 g/mol. The minimum atomic E-state index is -0.579. The molecule has 0 atom stereocenters. The highest BCUT2D eigenvalue weighted by molar-refractivity contribution is 6.33. The van der Waals surface area contributed by atoms with Crippen LogP contribution in [0.2, 0.25) is 5.02 Å². The van der Waals surface area contributed by atoms with E-state index >= 15 is 0 Å². The van der Waals surface area contributed by atoms with Gasteiger partial charge in [0.25, 0.3) is 5.91 Å². The highest BCUT2D eigenvalue weighted by Gasteiger charge is 2.11. The molecule has 132 valence electrons. The maximum atomic E-state index is 12.0. The van der Waals surface area contributed by atoms with E-state index in [1.807, 2.05) is 0 Å². The fourth-order valence-electron chi connectivity index (χ4n) is 1.91. The molecule has 0 saturated carbocycles. The van der Waals surface area contributed by atoms with Crippen LogP contribution >= 0.6 is 11.6 Å². The first-order valence-electron chi connectivity index (χ1n) is 7.90. The maximum absolute atomic E-state index is 12.0. The summed E-state index contributed by atoms with van der Waals surface area (Å²) in [5, 5.41) is 3.00. The van der Waals surface area contributed by atoms with E-state index in [4.69, 9.17) is 21.1 Å². The van der Waals surface area contributed by atoms with Gasteiger partial charge < -0.3 is 14.8 Å². The molecule has 0 heterocycles. The zero-order valence-electron chi connectivity index (χ0n) is 14.1. The number of hydrogen-bond donors (Lipinski definition) is 1. The number of halogens is 1. The second-order valence-electron chi connectivity index (χ2n) is 5.83. The Morgan fingerprint density at radius 2 is 1.76 bits per heavy atom. The third kappa shape index (κ3) is 6.12. The van der Waals surface area contributed by atoms with Crippen molar-refractivity contribution in [2.45, 2.75) is 13.8 Å². The lowest BCUT2D eigenvalue weighted by Crippen LogP contribution is -2.21. The lowest BCUT2D eigenvalue weighted by molar-refractivity contribution is -0.119. The zero-order chi connectivity index (χ0) is 18.2. The number of ether oxygens (including phenoxy) is 2. The van der Waals surface area contributed by atoms with Crippen LogP contribution in [0.3, 0.4) is 0 Å². The van der Waals surface area contributed by atoms with E-state index in [9.17, 15) is 9.59 Å². The second-order valence-corrected chi connectivity index (χ2v) is 6.24. The Morgan fingerprint density at radius 3 is 2.40 bits per heavy atom. The van der Waals surface area contributed by atoms with Gasteiger partial charge in [-0.05, 0) is 42.3 Å². The van der Waals surface area contributed by atoms with Crippen LogP contribution in [0, 0.1) is 5.92 Å². The summed E-state index contributed by atoms with van der Waals surface area (Å²) < 4.78 is 10.6. The molecule has 2 rings (SSSR count). The van der Waals surface area contributed by atoms with Crippen LogP contribution in [-0.4, -0.2) is 25.1 Å². The van der Waals surface area contributed by atoms with Crippen LogP contribution in [0.1, 0.15) is 24.2 Å². The molecule has 2 aromatic rings. The van der Waals surface area contributed by atoms with Crippen molar-refractivity contribution in [3.8, 4) is 5.75 Å². The van der Waals surface area contributed by atoms with Crippen molar-refractivity contribution in [1.29, 1.82) is 0 Å². The molecule has 0 fully saturated rings. The van der Waals surface area contributed by atoms with E-state index in [0.29, 0.717) is 34.5 Å². The predicted molar refractivity (Wildman–Crippen MR) is 97.1 cm³/mol. The number of esters is 1. The first-order valence-corrected chi connectivity index (χ1v) is 8.28. The Balaban J connectivity index is 1.83. The fourth-order valence-corrected chi connectivity index (χ4v) is 2.10. The smallest absolute Gasteiger partial charge is 0.338 e. The fraction of sp³-hybridized carbons (Fsp3) is 0.263. The molecule has 2 aromatic carbocycles. The highest BCUT2D eigenvalue weighted by atomic mass is 35.5. The van der Waals surface area contributed by atoms with Crippen molar-refractivity contribution in [2.24, 2.45) is 5.92 Å². The van der Waals surface area contributed by atoms with Gasteiger partial charge in [-0.15, -0.1) is 0 Å². The van der Waals surface area contributed by atoms with Crippen molar-refractivity contribution in [3.05, 3.63) is 59.1 Å². The zero-order valence-corrected chi connectivity index (χ0v) is 14.9. The molecule has 0 saturated heterocycles. The molecule has 0 aliphatic carbocycles. The molecule has 0 aliphatic heterocycles. The summed E-state index contributed by atoms with van der Waals surface area (Å²) >= 11 is 5.95. The maximum Gasteiger partial charge on any atom is 0.338 e. The van der Waals surface area contributed by atoms with Crippen LogP contribution in [0.4, 0.5) is 5.69 Å². The molecule has 5 nitrogen and oxygen atoms in total. The normalized spacial score (nSPS) is 10.4. The standard InChI is InChI=1S/C19H20ClNO4/c1-13(2)11-24-15-9-7-14(8-10-15)19(23)25-12-18(22)21-17-6-4-3-5-16(17)20/h3-10,13H,11-12H2,1-2H3,(H,21,22). The lowest BCUT2D eigenvalue weighted by Gasteiger charge is -2.10. The topological polar surface area (TPSA) is 64.6 Å². The molecule has 1 N–H and O–H groups in total. The average Bonchev–Trinajstić information content (AvgIpc) is 2.60. The molecule has 0 aliphatic rings. The van der Waals surface area contributed by atoms with E-state index in [2.05, 4.69) is 19.2 Å². The first kappa shape index (κ1) is 18.8. The summed E-state index contributed by atoms with van der Waals surface area (Å²) in [6.45, 7) is 4.32. The Kier molecular flexibility index (Phi) is 6.83. The predicted octanol–water partition coefficient (Wildman–Crippen LogP) is 4.17. The van der Waals surface area contributed by atoms with Gasteiger partial charge in [0.15, 0.2) is 6.61 Å². The number of nitrogens with one attached hydrogen (secondary N) is 1. The Morgan fingerprint density at radius 1 is 1.08 bits per heavy atom. The van der Waals surface area contributed by atoms with Gasteiger partial charge in [0, 0.05) is 0 Å². The summed E-state index contributed by atoms with van der Waals surface area (Å²) in [6, 6.07) is 13.4. The summed E-state index contributed by atoms with van der Waals surface area (Å²) in [4.78, 5) is 23.8. The Bertz CT molecular complexity index is 728. The number of anilines is 1. The van der Waals surface area contributed by atoms with Crippen molar-refractivity contribution in [2.75, 3.05) is 18.5 Å². The van der Waals surface area contributed by atoms with E-state index in [1.165, 1.54) is 0 Å². The summed E-state index contributed by atoms with van der Waals surface area (Å²) in [5.41, 5.74) is 0.819. The monoisotopic (exact) mass is 361 g/mol. The van der Waals surface area contributed by atoms with Crippen molar-refractivity contribution >= 4 is 29.2 Å². The second kappa shape index (κ2) is 9.08. The van der Waals surface area contributed by atoms with Gasteiger partial charge >= 0.3 is 5.97 Å². The van der Waals surface area contributed by atoms with E-state index in [0.717, 1.165) is 0 Å². The van der Waals surface area contributed by atoms with Crippen LogP contribution in [0.15, 0.2) is 48.5 Å². The van der Waals surface area contributed by atoms with Crippen LogP contribution in [-0.2, 0) is 9.53 Å². The molecule has 0 aromatic heterocycles. The largest absolute Gasteiger partial charge is 0.493 e. The number of amides is 1. The van der Waals surface area contributed by atoms with Gasteiger partial charge in [-0.2, -0.15) is 0 Å². The molecule has 0 bridgehead atoms. The molecule has 25 heavy (non-hydrogen) atoms. The van der Waals surface area contributed by atoms with Crippen LogP contribution in [0.25, 0.3) is 0 Å². The molecule has 0 radical (unpaired) electrons. The third-order valence-electron chi connectivity index (χ3n) is 3.16. The molecule has 1 amide bonds. The lowest BCUT2D eigenvalue weighted by atomic mass is 10.2. The first-order chi connectivity index (χ1) is 12.0. The van der Waals surface area contributed by atoms with Gasteiger partial charge in [-0.1, -0.05) is 37.6 Å². The summed E-state index contributed by atoms with van der Waals surface area (Å²) in [7, 11) is 0. The van der Waals surface area contributed by atoms with Gasteiger partial charge in [0.1, 0.15) is 5.75 Å². The van der Waals surface area contributed by atoms with Gasteiger partial charge in [0.05, 0.1) is 22.9 Å². The number of carbonyl (C=O) groups excluding carboxylic acids is 2. The minimum absolute atomic E-state index is 0.349. The van der Waals surface area contributed by atoms with Crippen molar-refractivity contribution in [1.82, 2.24) is 0 Å². The molecule has 6 heteroatoms.